The molecular weight excluding hydrogens is 240 g/mol. The van der Waals surface area contributed by atoms with E-state index in [1.54, 1.807) is 7.11 Å². The highest BCUT2D eigenvalue weighted by Gasteiger charge is 2.29. The first kappa shape index (κ1) is 12.8. The molecule has 3 rings (SSSR count). The molecule has 1 aromatic rings. The summed E-state index contributed by atoms with van der Waals surface area (Å²) in [7, 11) is 1.77. The fraction of sp³-hybridized carbons (Fsp3) is 0.600. The summed E-state index contributed by atoms with van der Waals surface area (Å²) in [5.41, 5.74) is 2.42. The minimum Gasteiger partial charge on any atom is -0.489 e. The molecule has 1 fully saturated rings. The Bertz CT molecular complexity index is 432. The van der Waals surface area contributed by atoms with Crippen molar-refractivity contribution >= 4 is 5.69 Å². The number of benzene rings is 1. The highest BCUT2D eigenvalue weighted by atomic mass is 16.5. The maximum atomic E-state index is 5.84. The van der Waals surface area contributed by atoms with Gasteiger partial charge in [0.15, 0.2) is 0 Å². The Morgan fingerprint density at radius 2 is 2.32 bits per heavy atom. The Labute approximate surface area is 114 Å². The maximum absolute atomic E-state index is 5.84. The van der Waals surface area contributed by atoms with E-state index < -0.39 is 0 Å². The summed E-state index contributed by atoms with van der Waals surface area (Å²) < 4.78 is 11.1. The molecule has 1 aromatic carbocycles. The van der Waals surface area contributed by atoms with Crippen LogP contribution in [0.3, 0.4) is 0 Å². The van der Waals surface area contributed by atoms with Gasteiger partial charge in [-0.3, -0.25) is 4.90 Å². The number of para-hydroxylation sites is 1. The Morgan fingerprint density at radius 1 is 1.42 bits per heavy atom. The second kappa shape index (κ2) is 5.80. The molecule has 0 spiro atoms. The van der Waals surface area contributed by atoms with Crippen LogP contribution in [-0.4, -0.2) is 44.4 Å². The lowest BCUT2D eigenvalue weighted by molar-refractivity contribution is 0.138. The van der Waals surface area contributed by atoms with Crippen LogP contribution in [0.15, 0.2) is 18.2 Å². The van der Waals surface area contributed by atoms with Crippen molar-refractivity contribution in [2.24, 2.45) is 0 Å². The normalized spacial score (nSPS) is 17.8. The standard InChI is InChI=1S/C15H22N2O2/c1-18-10-8-17(13-5-6-13)11-12-3-2-4-14-15(12)19-9-7-16-14/h2-4,13,16H,5-11H2,1H3. The summed E-state index contributed by atoms with van der Waals surface area (Å²) >= 11 is 0. The first-order valence-electron chi connectivity index (χ1n) is 7.10. The molecule has 1 aliphatic heterocycles. The maximum Gasteiger partial charge on any atom is 0.146 e. The quantitative estimate of drug-likeness (QED) is 0.851. The van der Waals surface area contributed by atoms with E-state index in [0.29, 0.717) is 0 Å². The van der Waals surface area contributed by atoms with Gasteiger partial charge in [0, 0.05) is 38.3 Å². The van der Waals surface area contributed by atoms with Gasteiger partial charge in [-0.05, 0) is 18.9 Å². The zero-order valence-electron chi connectivity index (χ0n) is 11.5. The molecule has 0 bridgehead atoms. The molecule has 1 heterocycles. The third-order valence-electron chi connectivity index (χ3n) is 3.78. The minimum atomic E-state index is 0.738. The summed E-state index contributed by atoms with van der Waals surface area (Å²) in [6.07, 6.45) is 2.63. The number of hydrogen-bond donors (Lipinski definition) is 1. The van der Waals surface area contributed by atoms with Crippen LogP contribution in [0.4, 0.5) is 5.69 Å². The second-order valence-electron chi connectivity index (χ2n) is 5.26. The van der Waals surface area contributed by atoms with Crippen molar-refractivity contribution in [1.29, 1.82) is 0 Å². The van der Waals surface area contributed by atoms with Crippen molar-refractivity contribution in [3.63, 3.8) is 0 Å². The Balaban J connectivity index is 1.73. The van der Waals surface area contributed by atoms with Crippen LogP contribution >= 0.6 is 0 Å². The van der Waals surface area contributed by atoms with E-state index in [2.05, 4.69) is 28.4 Å². The lowest BCUT2D eigenvalue weighted by atomic mass is 10.1. The molecule has 0 saturated heterocycles. The van der Waals surface area contributed by atoms with Crippen LogP contribution in [0, 0.1) is 0 Å². The van der Waals surface area contributed by atoms with Gasteiger partial charge in [-0.2, -0.15) is 0 Å². The van der Waals surface area contributed by atoms with Crippen LogP contribution < -0.4 is 10.1 Å². The van der Waals surface area contributed by atoms with E-state index in [9.17, 15) is 0 Å². The minimum absolute atomic E-state index is 0.738. The van der Waals surface area contributed by atoms with Gasteiger partial charge in [0.25, 0.3) is 0 Å². The van der Waals surface area contributed by atoms with E-state index in [1.807, 2.05) is 0 Å². The molecule has 1 N–H and O–H groups in total. The monoisotopic (exact) mass is 262 g/mol. The van der Waals surface area contributed by atoms with E-state index in [1.165, 1.54) is 18.4 Å². The van der Waals surface area contributed by atoms with Crippen LogP contribution in [0.25, 0.3) is 0 Å². The Kier molecular flexibility index (Phi) is 3.89. The smallest absolute Gasteiger partial charge is 0.146 e. The van der Waals surface area contributed by atoms with Crippen LogP contribution in [-0.2, 0) is 11.3 Å². The molecule has 104 valence electrons. The second-order valence-corrected chi connectivity index (χ2v) is 5.26. The number of anilines is 1. The van der Waals surface area contributed by atoms with Gasteiger partial charge < -0.3 is 14.8 Å². The average Bonchev–Trinajstić information content (AvgIpc) is 3.28. The molecule has 0 aromatic heterocycles. The van der Waals surface area contributed by atoms with Crippen LogP contribution in [0.1, 0.15) is 18.4 Å². The lowest BCUT2D eigenvalue weighted by Gasteiger charge is -2.26. The summed E-state index contributed by atoms with van der Waals surface area (Å²) in [6, 6.07) is 7.11. The summed E-state index contributed by atoms with van der Waals surface area (Å²) in [5, 5.41) is 3.40. The van der Waals surface area contributed by atoms with Gasteiger partial charge in [-0.1, -0.05) is 12.1 Å². The number of fused-ring (bicyclic) bond motifs is 1. The molecular formula is C15H22N2O2. The van der Waals surface area contributed by atoms with Crippen LogP contribution in [0.5, 0.6) is 5.75 Å². The number of methoxy groups -OCH3 is 1. The number of ether oxygens (including phenoxy) is 2. The first-order chi connectivity index (χ1) is 9.38. The highest BCUT2D eigenvalue weighted by molar-refractivity contribution is 5.61. The van der Waals surface area contributed by atoms with E-state index in [-0.39, 0.29) is 0 Å². The van der Waals surface area contributed by atoms with Crippen molar-refractivity contribution in [1.82, 2.24) is 4.90 Å². The van der Waals surface area contributed by atoms with E-state index in [4.69, 9.17) is 9.47 Å². The van der Waals surface area contributed by atoms with Gasteiger partial charge >= 0.3 is 0 Å². The number of nitrogens with one attached hydrogen (secondary N) is 1. The number of rotatable bonds is 6. The molecule has 1 saturated carbocycles. The van der Waals surface area contributed by atoms with Crippen LogP contribution in [0.2, 0.25) is 0 Å². The predicted molar refractivity (Wildman–Crippen MR) is 75.7 cm³/mol. The third-order valence-corrected chi connectivity index (χ3v) is 3.78. The highest BCUT2D eigenvalue weighted by Crippen LogP contribution is 2.34. The molecule has 0 radical (unpaired) electrons. The summed E-state index contributed by atoms with van der Waals surface area (Å²) in [6.45, 7) is 4.40. The predicted octanol–water partition coefficient (Wildman–Crippen LogP) is 2.10. The molecule has 4 heteroatoms. The van der Waals surface area contributed by atoms with E-state index >= 15 is 0 Å². The zero-order chi connectivity index (χ0) is 13.1. The number of nitrogens with zero attached hydrogens (tertiary/aromatic N) is 1. The topological polar surface area (TPSA) is 33.7 Å². The van der Waals surface area contributed by atoms with Crippen molar-refractivity contribution in [2.45, 2.75) is 25.4 Å². The molecule has 0 amide bonds. The van der Waals surface area contributed by atoms with Crippen molar-refractivity contribution in [2.75, 3.05) is 38.7 Å². The van der Waals surface area contributed by atoms with Gasteiger partial charge in [0.05, 0.1) is 12.3 Å². The molecule has 0 unspecified atom stereocenters. The van der Waals surface area contributed by atoms with Crippen molar-refractivity contribution in [3.05, 3.63) is 23.8 Å². The zero-order valence-corrected chi connectivity index (χ0v) is 11.5. The Morgan fingerprint density at radius 3 is 3.11 bits per heavy atom. The molecule has 0 atom stereocenters. The lowest BCUT2D eigenvalue weighted by Crippen LogP contribution is -2.30. The Hall–Kier alpha value is -1.26. The SMILES string of the molecule is COCCN(Cc1cccc2c1OCCN2)C1CC1. The van der Waals surface area contributed by atoms with Gasteiger partial charge in [-0.15, -0.1) is 0 Å². The number of hydrogen-bond acceptors (Lipinski definition) is 4. The molecule has 19 heavy (non-hydrogen) atoms. The third kappa shape index (κ3) is 3.01. The summed E-state index contributed by atoms with van der Waals surface area (Å²) in [5.74, 6) is 1.04. The average molecular weight is 262 g/mol. The van der Waals surface area contributed by atoms with E-state index in [0.717, 1.165) is 50.3 Å². The van der Waals surface area contributed by atoms with Gasteiger partial charge in [0.2, 0.25) is 0 Å². The largest absolute Gasteiger partial charge is 0.489 e. The fourth-order valence-electron chi connectivity index (χ4n) is 2.62. The first-order valence-corrected chi connectivity index (χ1v) is 7.10. The molecule has 2 aliphatic rings. The summed E-state index contributed by atoms with van der Waals surface area (Å²) in [4.78, 5) is 2.51. The molecule has 1 aliphatic carbocycles. The van der Waals surface area contributed by atoms with Crippen molar-refractivity contribution in [3.8, 4) is 5.75 Å². The van der Waals surface area contributed by atoms with Crippen molar-refractivity contribution < 1.29 is 9.47 Å². The molecule has 4 nitrogen and oxygen atoms in total. The fourth-order valence-corrected chi connectivity index (χ4v) is 2.62. The van der Waals surface area contributed by atoms with Gasteiger partial charge in [-0.25, -0.2) is 0 Å². The van der Waals surface area contributed by atoms with Gasteiger partial charge in [0.1, 0.15) is 12.4 Å².